The largest absolute Gasteiger partial charge is 0.344 e. The molecule has 1 aliphatic rings. The Labute approximate surface area is 151 Å². The van der Waals surface area contributed by atoms with E-state index in [0.717, 1.165) is 35.5 Å². The molecule has 25 heavy (non-hydrogen) atoms. The number of amides is 1. The lowest BCUT2D eigenvalue weighted by atomic mass is 9.88. The first-order chi connectivity index (χ1) is 12.2. The third kappa shape index (κ3) is 3.20. The van der Waals surface area contributed by atoms with Gasteiger partial charge in [-0.3, -0.25) is 9.78 Å². The van der Waals surface area contributed by atoms with Crippen molar-refractivity contribution >= 4 is 17.2 Å². The van der Waals surface area contributed by atoms with Crippen LogP contribution in [-0.4, -0.2) is 15.9 Å². The van der Waals surface area contributed by atoms with Gasteiger partial charge in [0.25, 0.3) is 5.91 Å². The van der Waals surface area contributed by atoms with Gasteiger partial charge in [0, 0.05) is 18.0 Å². The van der Waals surface area contributed by atoms with Crippen LogP contribution in [0, 0.1) is 6.92 Å². The number of pyridine rings is 1. The molecular weight excluding hydrogens is 330 g/mol. The van der Waals surface area contributed by atoms with E-state index in [4.69, 9.17) is 0 Å². The highest BCUT2D eigenvalue weighted by atomic mass is 32.1. The Morgan fingerprint density at radius 1 is 1.24 bits per heavy atom. The van der Waals surface area contributed by atoms with Crippen molar-refractivity contribution in [3.63, 3.8) is 0 Å². The Hall–Kier alpha value is -2.53. The van der Waals surface area contributed by atoms with Crippen LogP contribution < -0.4 is 5.32 Å². The number of fused-ring (bicyclic) bond motifs is 1. The van der Waals surface area contributed by atoms with Crippen LogP contribution in [0.2, 0.25) is 0 Å². The first-order valence-corrected chi connectivity index (χ1v) is 9.30. The molecule has 2 heterocycles. The lowest BCUT2D eigenvalue weighted by Crippen LogP contribution is -2.30. The van der Waals surface area contributed by atoms with Crippen molar-refractivity contribution in [1.82, 2.24) is 15.3 Å². The number of benzene rings is 1. The van der Waals surface area contributed by atoms with E-state index >= 15 is 0 Å². The fourth-order valence-electron chi connectivity index (χ4n) is 3.35. The highest BCUT2D eigenvalue weighted by Crippen LogP contribution is 2.31. The third-order valence-corrected chi connectivity index (χ3v) is 5.79. The van der Waals surface area contributed by atoms with Gasteiger partial charge in [0.15, 0.2) is 0 Å². The normalized spacial score (nSPS) is 16.3. The molecule has 1 aliphatic carbocycles. The van der Waals surface area contributed by atoms with Crippen LogP contribution in [0.25, 0.3) is 10.6 Å². The molecular formula is C20H19N3OS. The molecule has 0 radical (unpaired) electrons. The molecule has 0 spiro atoms. The molecule has 4 rings (SSSR count). The molecule has 4 nitrogen and oxygen atoms in total. The summed E-state index contributed by atoms with van der Waals surface area (Å²) in [6.07, 6.45) is 6.68. The predicted octanol–water partition coefficient (Wildman–Crippen LogP) is 4.32. The zero-order valence-electron chi connectivity index (χ0n) is 14.0. The van der Waals surface area contributed by atoms with Crippen LogP contribution in [0.3, 0.4) is 0 Å². The second-order valence-electron chi connectivity index (χ2n) is 6.29. The van der Waals surface area contributed by atoms with Crippen molar-refractivity contribution in [2.75, 3.05) is 0 Å². The fourth-order valence-corrected chi connectivity index (χ4v) is 4.31. The number of carbonyl (C=O) groups is 1. The quantitative estimate of drug-likeness (QED) is 0.766. The van der Waals surface area contributed by atoms with Gasteiger partial charge in [-0.1, -0.05) is 24.3 Å². The van der Waals surface area contributed by atoms with Crippen LogP contribution in [0.1, 0.15) is 45.4 Å². The van der Waals surface area contributed by atoms with Crippen molar-refractivity contribution in [2.45, 2.75) is 32.2 Å². The minimum Gasteiger partial charge on any atom is -0.344 e. The number of hydrogen-bond acceptors (Lipinski definition) is 4. The van der Waals surface area contributed by atoms with Crippen LogP contribution in [0.15, 0.2) is 48.8 Å². The van der Waals surface area contributed by atoms with Crippen molar-refractivity contribution in [3.8, 4) is 10.6 Å². The maximum atomic E-state index is 12.8. The molecule has 1 aromatic carbocycles. The minimum atomic E-state index is -0.0353. The summed E-state index contributed by atoms with van der Waals surface area (Å²) in [5.41, 5.74) is 4.30. The van der Waals surface area contributed by atoms with Crippen LogP contribution in [-0.2, 0) is 6.42 Å². The summed E-state index contributed by atoms with van der Waals surface area (Å²) in [4.78, 5) is 22.2. The number of nitrogens with zero attached hydrogens (tertiary/aromatic N) is 2. The Morgan fingerprint density at radius 2 is 2.12 bits per heavy atom. The summed E-state index contributed by atoms with van der Waals surface area (Å²) in [5.74, 6) is -0.0353. The van der Waals surface area contributed by atoms with E-state index in [9.17, 15) is 4.79 Å². The molecule has 0 aliphatic heterocycles. The number of thiazole rings is 1. The molecule has 0 fully saturated rings. The average molecular weight is 349 g/mol. The molecule has 0 unspecified atom stereocenters. The molecule has 3 aromatic rings. The van der Waals surface area contributed by atoms with Crippen LogP contribution >= 0.6 is 11.3 Å². The van der Waals surface area contributed by atoms with E-state index < -0.39 is 0 Å². The number of aromatic nitrogens is 2. The van der Waals surface area contributed by atoms with Gasteiger partial charge in [0.05, 0.1) is 11.7 Å². The first kappa shape index (κ1) is 16.0. The number of rotatable bonds is 3. The molecule has 5 heteroatoms. The molecule has 126 valence electrons. The van der Waals surface area contributed by atoms with E-state index in [1.165, 1.54) is 22.5 Å². The SMILES string of the molecule is Cc1nc(-c2cccnc2)sc1C(=O)N[C@H]1CCCc2ccccc21. The predicted molar refractivity (Wildman–Crippen MR) is 99.7 cm³/mol. The van der Waals surface area contributed by atoms with Gasteiger partial charge in [-0.15, -0.1) is 11.3 Å². The lowest BCUT2D eigenvalue weighted by Gasteiger charge is -2.26. The summed E-state index contributed by atoms with van der Waals surface area (Å²) in [6, 6.07) is 12.3. The Bertz CT molecular complexity index is 904. The van der Waals surface area contributed by atoms with Gasteiger partial charge in [-0.25, -0.2) is 4.98 Å². The molecule has 0 saturated carbocycles. The maximum absolute atomic E-state index is 12.8. The average Bonchev–Trinajstić information content (AvgIpc) is 3.05. The van der Waals surface area contributed by atoms with Crippen molar-refractivity contribution < 1.29 is 4.79 Å². The van der Waals surface area contributed by atoms with Crippen molar-refractivity contribution in [2.24, 2.45) is 0 Å². The topological polar surface area (TPSA) is 54.9 Å². The second kappa shape index (κ2) is 6.76. The van der Waals surface area contributed by atoms with Gasteiger partial charge in [-0.2, -0.15) is 0 Å². The Morgan fingerprint density at radius 3 is 2.96 bits per heavy atom. The monoisotopic (exact) mass is 349 g/mol. The lowest BCUT2D eigenvalue weighted by molar-refractivity contribution is 0.0936. The van der Waals surface area contributed by atoms with Gasteiger partial charge in [0.1, 0.15) is 9.88 Å². The van der Waals surface area contributed by atoms with E-state index in [-0.39, 0.29) is 11.9 Å². The molecule has 1 N–H and O–H groups in total. The Balaban J connectivity index is 1.58. The summed E-state index contributed by atoms with van der Waals surface area (Å²) in [6.45, 7) is 1.89. The summed E-state index contributed by atoms with van der Waals surface area (Å²) in [7, 11) is 0. The minimum absolute atomic E-state index is 0.0353. The van der Waals surface area contributed by atoms with E-state index in [2.05, 4.69) is 33.5 Å². The third-order valence-electron chi connectivity index (χ3n) is 4.59. The summed E-state index contributed by atoms with van der Waals surface area (Å²) < 4.78 is 0. The van der Waals surface area contributed by atoms with Gasteiger partial charge in [0.2, 0.25) is 0 Å². The molecule has 0 saturated heterocycles. The summed E-state index contributed by atoms with van der Waals surface area (Å²) >= 11 is 1.43. The zero-order valence-corrected chi connectivity index (χ0v) is 14.8. The molecule has 1 atom stereocenters. The Kier molecular flexibility index (Phi) is 4.32. The fraction of sp³-hybridized carbons (Fsp3) is 0.250. The first-order valence-electron chi connectivity index (χ1n) is 8.49. The van der Waals surface area contributed by atoms with Crippen LogP contribution in [0.4, 0.5) is 0 Å². The van der Waals surface area contributed by atoms with Crippen molar-refractivity contribution in [3.05, 3.63) is 70.5 Å². The van der Waals surface area contributed by atoms with E-state index in [1.54, 1.807) is 12.4 Å². The van der Waals surface area contributed by atoms with E-state index in [1.807, 2.05) is 25.1 Å². The standard InChI is InChI=1S/C20H19N3OS/c1-13-18(25-20(22-13)15-8-5-11-21-12-15)19(24)23-17-10-4-7-14-6-2-3-9-16(14)17/h2-3,5-6,8-9,11-12,17H,4,7,10H2,1H3,(H,23,24)/t17-/m0/s1. The highest BCUT2D eigenvalue weighted by molar-refractivity contribution is 7.17. The zero-order chi connectivity index (χ0) is 17.2. The highest BCUT2D eigenvalue weighted by Gasteiger charge is 2.24. The number of carbonyl (C=O) groups excluding carboxylic acids is 1. The summed E-state index contributed by atoms with van der Waals surface area (Å²) in [5, 5.41) is 4.05. The van der Waals surface area contributed by atoms with Gasteiger partial charge in [-0.05, 0) is 49.4 Å². The molecule has 1 amide bonds. The maximum Gasteiger partial charge on any atom is 0.263 e. The van der Waals surface area contributed by atoms with Gasteiger partial charge >= 0.3 is 0 Å². The molecule has 2 aromatic heterocycles. The van der Waals surface area contributed by atoms with E-state index in [0.29, 0.717) is 4.88 Å². The smallest absolute Gasteiger partial charge is 0.263 e. The van der Waals surface area contributed by atoms with Crippen molar-refractivity contribution in [1.29, 1.82) is 0 Å². The second-order valence-corrected chi connectivity index (χ2v) is 7.29. The molecule has 0 bridgehead atoms. The van der Waals surface area contributed by atoms with Gasteiger partial charge < -0.3 is 5.32 Å². The number of hydrogen-bond donors (Lipinski definition) is 1. The number of aryl methyl sites for hydroxylation is 2. The van der Waals surface area contributed by atoms with Crippen LogP contribution in [0.5, 0.6) is 0 Å². The number of nitrogens with one attached hydrogen (secondary N) is 1.